The van der Waals surface area contributed by atoms with E-state index >= 15 is 0 Å². The predicted molar refractivity (Wildman–Crippen MR) is 59.6 cm³/mol. The standard InChI is InChI=1S/C9H20.C3H8/c1-4-7-9(6-3)8-5-2;1-3-2/h9H,4-8H2,1-3H3;3H2,1-2H3. The molecule has 0 aromatic carbocycles. The molecule has 0 aromatic heterocycles. The Bertz CT molecular complexity index is 51.1. The van der Waals surface area contributed by atoms with Crippen molar-refractivity contribution in [1.82, 2.24) is 0 Å². The van der Waals surface area contributed by atoms with Crippen LogP contribution >= 0.6 is 0 Å². The lowest BCUT2D eigenvalue weighted by Gasteiger charge is -2.10. The van der Waals surface area contributed by atoms with Crippen LogP contribution in [-0.2, 0) is 0 Å². The molecule has 0 nitrogen and oxygen atoms in total. The van der Waals surface area contributed by atoms with Crippen molar-refractivity contribution >= 4 is 0 Å². The third-order valence-electron chi connectivity index (χ3n) is 1.97. The molecule has 0 fully saturated rings. The van der Waals surface area contributed by atoms with Crippen molar-refractivity contribution in [3.8, 4) is 0 Å². The van der Waals surface area contributed by atoms with Crippen LogP contribution in [0.2, 0.25) is 0 Å². The Balaban J connectivity index is 0. The lowest BCUT2D eigenvalue weighted by molar-refractivity contribution is 0.427. The molecule has 0 unspecified atom stereocenters. The van der Waals surface area contributed by atoms with Crippen LogP contribution < -0.4 is 0 Å². The minimum absolute atomic E-state index is 1.01. The van der Waals surface area contributed by atoms with Crippen molar-refractivity contribution in [2.75, 3.05) is 0 Å². The van der Waals surface area contributed by atoms with Gasteiger partial charge in [-0.15, -0.1) is 0 Å². The van der Waals surface area contributed by atoms with E-state index in [-0.39, 0.29) is 0 Å². The van der Waals surface area contributed by atoms with E-state index in [4.69, 9.17) is 0 Å². The van der Waals surface area contributed by atoms with Crippen LogP contribution in [0.4, 0.5) is 0 Å². The zero-order chi connectivity index (χ0) is 9.82. The molecule has 0 aliphatic heterocycles. The fourth-order valence-corrected chi connectivity index (χ4v) is 1.37. The molecule has 0 radical (unpaired) electrons. The average Bonchev–Trinajstić information content (AvgIpc) is 2.05. The molecule has 0 N–H and O–H groups in total. The fourth-order valence-electron chi connectivity index (χ4n) is 1.37. The first-order valence-corrected chi connectivity index (χ1v) is 5.76. The van der Waals surface area contributed by atoms with Gasteiger partial charge in [0.15, 0.2) is 0 Å². The Morgan fingerprint density at radius 1 is 0.750 bits per heavy atom. The molecule has 0 aliphatic carbocycles. The molecular weight excluding hydrogens is 144 g/mol. The van der Waals surface area contributed by atoms with Crippen LogP contribution in [0.5, 0.6) is 0 Å². The van der Waals surface area contributed by atoms with Gasteiger partial charge in [-0.25, -0.2) is 0 Å². The van der Waals surface area contributed by atoms with Crippen LogP contribution in [0, 0.1) is 5.92 Å². The van der Waals surface area contributed by atoms with Crippen molar-refractivity contribution in [1.29, 1.82) is 0 Å². The Kier molecular flexibility index (Phi) is 16.4. The predicted octanol–water partition coefficient (Wildman–Crippen LogP) is 5.03. The first-order chi connectivity index (χ1) is 5.76. The minimum atomic E-state index is 1.01. The van der Waals surface area contributed by atoms with Gasteiger partial charge in [0.2, 0.25) is 0 Å². The Morgan fingerprint density at radius 2 is 1.08 bits per heavy atom. The van der Waals surface area contributed by atoms with Gasteiger partial charge >= 0.3 is 0 Å². The first kappa shape index (κ1) is 14.5. The summed E-state index contributed by atoms with van der Waals surface area (Å²) >= 11 is 0. The van der Waals surface area contributed by atoms with E-state index in [0.717, 1.165) is 5.92 Å². The highest BCUT2D eigenvalue weighted by atomic mass is 14.1. The molecule has 0 aliphatic rings. The summed E-state index contributed by atoms with van der Waals surface area (Å²) in [5, 5.41) is 0. The molecule has 0 rings (SSSR count). The van der Waals surface area contributed by atoms with Gasteiger partial charge < -0.3 is 0 Å². The summed E-state index contributed by atoms with van der Waals surface area (Å²) in [4.78, 5) is 0. The van der Waals surface area contributed by atoms with Gasteiger partial charge in [0, 0.05) is 0 Å². The van der Waals surface area contributed by atoms with Crippen molar-refractivity contribution in [2.45, 2.75) is 73.1 Å². The largest absolute Gasteiger partial charge is 0.0656 e. The summed E-state index contributed by atoms with van der Waals surface area (Å²) in [6, 6.07) is 0. The molecule has 0 heteroatoms. The Labute approximate surface area is 79.8 Å². The minimum Gasteiger partial charge on any atom is -0.0656 e. The van der Waals surface area contributed by atoms with E-state index in [0.29, 0.717) is 0 Å². The average molecular weight is 172 g/mol. The van der Waals surface area contributed by atoms with Crippen molar-refractivity contribution in [3.63, 3.8) is 0 Å². The van der Waals surface area contributed by atoms with E-state index in [1.807, 2.05) is 0 Å². The van der Waals surface area contributed by atoms with Crippen molar-refractivity contribution in [3.05, 3.63) is 0 Å². The number of rotatable bonds is 5. The molecule has 12 heavy (non-hydrogen) atoms. The summed E-state index contributed by atoms with van der Waals surface area (Å²) in [5.41, 5.74) is 0. The third-order valence-corrected chi connectivity index (χ3v) is 1.97. The van der Waals surface area contributed by atoms with Gasteiger partial charge in [-0.2, -0.15) is 0 Å². The van der Waals surface area contributed by atoms with E-state index in [2.05, 4.69) is 34.6 Å². The zero-order valence-electron chi connectivity index (χ0n) is 9.82. The fraction of sp³-hybridized carbons (Fsp3) is 1.00. The third kappa shape index (κ3) is 12.7. The van der Waals surface area contributed by atoms with Crippen LogP contribution in [0.1, 0.15) is 73.1 Å². The van der Waals surface area contributed by atoms with E-state index < -0.39 is 0 Å². The summed E-state index contributed by atoms with van der Waals surface area (Å²) in [5.74, 6) is 1.01. The lowest BCUT2D eigenvalue weighted by atomic mass is 9.96. The number of hydrogen-bond acceptors (Lipinski definition) is 0. The van der Waals surface area contributed by atoms with Gasteiger partial charge in [0.25, 0.3) is 0 Å². The molecule has 76 valence electrons. The van der Waals surface area contributed by atoms with Crippen LogP contribution in [0.3, 0.4) is 0 Å². The van der Waals surface area contributed by atoms with Crippen LogP contribution in [0.25, 0.3) is 0 Å². The summed E-state index contributed by atoms with van der Waals surface area (Å²) in [6.07, 6.45) is 8.22. The molecule has 0 atom stereocenters. The molecule has 0 spiro atoms. The Morgan fingerprint density at radius 3 is 1.25 bits per heavy atom. The van der Waals surface area contributed by atoms with Gasteiger partial charge in [-0.05, 0) is 5.92 Å². The normalized spacial score (nSPS) is 9.50. The van der Waals surface area contributed by atoms with E-state index in [1.54, 1.807) is 0 Å². The quantitative estimate of drug-likeness (QED) is 0.545. The zero-order valence-corrected chi connectivity index (χ0v) is 9.82. The lowest BCUT2D eigenvalue weighted by Crippen LogP contribution is -1.96. The molecule has 0 aromatic rings. The molecule has 0 saturated heterocycles. The molecule has 0 bridgehead atoms. The molecule has 0 saturated carbocycles. The second-order valence-electron chi connectivity index (χ2n) is 3.56. The first-order valence-electron chi connectivity index (χ1n) is 5.76. The van der Waals surface area contributed by atoms with Crippen LogP contribution in [0.15, 0.2) is 0 Å². The molecule has 0 heterocycles. The maximum atomic E-state index is 2.30. The highest BCUT2D eigenvalue weighted by Gasteiger charge is 2.01. The molecular formula is C12H28. The van der Waals surface area contributed by atoms with Gasteiger partial charge in [0.1, 0.15) is 0 Å². The smallest absolute Gasteiger partial charge is 0.0417 e. The topological polar surface area (TPSA) is 0 Å². The van der Waals surface area contributed by atoms with Crippen molar-refractivity contribution < 1.29 is 0 Å². The highest BCUT2D eigenvalue weighted by Crippen LogP contribution is 2.16. The van der Waals surface area contributed by atoms with E-state index in [9.17, 15) is 0 Å². The van der Waals surface area contributed by atoms with Gasteiger partial charge in [-0.1, -0.05) is 73.1 Å². The monoisotopic (exact) mass is 172 g/mol. The summed E-state index contributed by atoms with van der Waals surface area (Å²) in [7, 11) is 0. The maximum Gasteiger partial charge on any atom is -0.0417 e. The van der Waals surface area contributed by atoms with Gasteiger partial charge in [0.05, 0.1) is 0 Å². The summed E-state index contributed by atoms with van der Waals surface area (Å²) in [6.45, 7) is 11.1. The van der Waals surface area contributed by atoms with E-state index in [1.165, 1.54) is 38.5 Å². The Hall–Kier alpha value is 0. The number of hydrogen-bond donors (Lipinski definition) is 0. The maximum absolute atomic E-state index is 2.30. The second-order valence-corrected chi connectivity index (χ2v) is 3.56. The summed E-state index contributed by atoms with van der Waals surface area (Å²) < 4.78 is 0. The van der Waals surface area contributed by atoms with Crippen molar-refractivity contribution in [2.24, 2.45) is 5.92 Å². The molecule has 0 amide bonds. The van der Waals surface area contributed by atoms with Crippen LogP contribution in [-0.4, -0.2) is 0 Å². The second kappa shape index (κ2) is 13.6. The van der Waals surface area contributed by atoms with Gasteiger partial charge in [-0.3, -0.25) is 0 Å². The SMILES string of the molecule is CCC.CCCC(CC)CCC. The highest BCUT2D eigenvalue weighted by molar-refractivity contribution is 4.54.